The van der Waals surface area contributed by atoms with Crippen LogP contribution in [-0.4, -0.2) is 74.0 Å². The Labute approximate surface area is 259 Å². The minimum Gasteiger partial charge on any atom is -0.497 e. The lowest BCUT2D eigenvalue weighted by Crippen LogP contribution is -2.39. The summed E-state index contributed by atoms with van der Waals surface area (Å²) < 4.78 is 44.6. The van der Waals surface area contributed by atoms with E-state index >= 15 is 0 Å². The van der Waals surface area contributed by atoms with Crippen molar-refractivity contribution in [2.75, 3.05) is 61.9 Å². The van der Waals surface area contributed by atoms with Gasteiger partial charge in [-0.1, -0.05) is 12.1 Å². The van der Waals surface area contributed by atoms with E-state index in [0.29, 0.717) is 73.9 Å². The number of urea groups is 1. The largest absolute Gasteiger partial charge is 0.497 e. The lowest BCUT2D eigenvalue weighted by Gasteiger charge is -2.30. The van der Waals surface area contributed by atoms with Crippen molar-refractivity contribution in [1.29, 1.82) is 0 Å². The molecule has 12 heteroatoms. The summed E-state index contributed by atoms with van der Waals surface area (Å²) in [5, 5.41) is 5.48. The molecule has 2 saturated heterocycles. The molecule has 2 fully saturated rings. The Hall–Kier alpha value is -4.74. The molecule has 9 nitrogen and oxygen atoms in total. The predicted molar refractivity (Wildman–Crippen MR) is 166 cm³/mol. The van der Waals surface area contributed by atoms with Crippen LogP contribution in [0.25, 0.3) is 0 Å². The van der Waals surface area contributed by atoms with Crippen molar-refractivity contribution in [3.8, 4) is 5.75 Å². The highest BCUT2D eigenvalue weighted by molar-refractivity contribution is 6.06. The number of amides is 4. The first-order chi connectivity index (χ1) is 21.6. The van der Waals surface area contributed by atoms with E-state index in [1.807, 2.05) is 15.9 Å². The summed E-state index contributed by atoms with van der Waals surface area (Å²) in [6.07, 6.45) is -1.01. The van der Waals surface area contributed by atoms with Crippen LogP contribution < -0.4 is 20.3 Å². The molecule has 2 aliphatic rings. The summed E-state index contributed by atoms with van der Waals surface area (Å²) in [5.41, 5.74) is 1.28. The number of piperidine rings is 1. The third-order valence-corrected chi connectivity index (χ3v) is 8.02. The van der Waals surface area contributed by atoms with E-state index in [2.05, 4.69) is 10.6 Å². The molecule has 0 saturated carbocycles. The smallest absolute Gasteiger partial charge is 0.416 e. The van der Waals surface area contributed by atoms with Crippen LogP contribution in [0.15, 0.2) is 66.7 Å². The fraction of sp³-hybridized carbons (Fsp3) is 0.364. The first-order valence-corrected chi connectivity index (χ1v) is 15.0. The van der Waals surface area contributed by atoms with Crippen molar-refractivity contribution < 1.29 is 32.3 Å². The monoisotopic (exact) mass is 623 g/mol. The minimum atomic E-state index is -4.51. The van der Waals surface area contributed by atoms with Crippen LogP contribution in [0.2, 0.25) is 0 Å². The fourth-order valence-electron chi connectivity index (χ4n) is 5.63. The normalized spacial score (nSPS) is 15.7. The van der Waals surface area contributed by atoms with Gasteiger partial charge in [-0.3, -0.25) is 9.59 Å². The molecule has 0 aromatic heterocycles. The number of alkyl halides is 3. The molecular formula is C33H36F3N5O4. The molecule has 0 bridgehead atoms. The Balaban J connectivity index is 1.33. The number of rotatable bonds is 6. The quantitative estimate of drug-likeness (QED) is 0.335. The SMILES string of the molecule is COc1cccc(C(=O)Nc2ccc(N3CCCN(C(=O)Nc4cccc(C(F)(F)F)c4)CC3)c(C(=O)N3CCCCC3)c2)c1. The molecule has 2 heterocycles. The number of hydrogen-bond acceptors (Lipinski definition) is 5. The van der Waals surface area contributed by atoms with Crippen molar-refractivity contribution in [1.82, 2.24) is 9.80 Å². The van der Waals surface area contributed by atoms with E-state index in [1.54, 1.807) is 41.3 Å². The van der Waals surface area contributed by atoms with Crippen LogP contribution in [0, 0.1) is 0 Å². The van der Waals surface area contributed by atoms with Crippen molar-refractivity contribution in [2.24, 2.45) is 0 Å². The van der Waals surface area contributed by atoms with E-state index in [1.165, 1.54) is 19.2 Å². The zero-order valence-electron chi connectivity index (χ0n) is 25.0. The van der Waals surface area contributed by atoms with Gasteiger partial charge in [-0.15, -0.1) is 0 Å². The van der Waals surface area contributed by atoms with Crippen LogP contribution in [0.1, 0.15) is 52.0 Å². The van der Waals surface area contributed by atoms with Crippen LogP contribution in [-0.2, 0) is 6.18 Å². The average Bonchev–Trinajstić information content (AvgIpc) is 3.31. The molecule has 3 aromatic carbocycles. The molecule has 45 heavy (non-hydrogen) atoms. The second-order valence-electron chi connectivity index (χ2n) is 11.1. The number of anilines is 3. The number of halogens is 3. The van der Waals surface area contributed by atoms with Gasteiger partial charge in [0, 0.05) is 61.9 Å². The second-order valence-corrected chi connectivity index (χ2v) is 11.1. The highest BCUT2D eigenvalue weighted by Gasteiger charge is 2.31. The molecule has 4 amide bonds. The van der Waals surface area contributed by atoms with Gasteiger partial charge in [0.25, 0.3) is 11.8 Å². The number of nitrogens with one attached hydrogen (secondary N) is 2. The second kappa shape index (κ2) is 13.9. The van der Waals surface area contributed by atoms with Gasteiger partial charge in [0.15, 0.2) is 0 Å². The zero-order chi connectivity index (χ0) is 32.0. The van der Waals surface area contributed by atoms with E-state index < -0.39 is 17.8 Å². The maximum atomic E-state index is 13.8. The Morgan fingerprint density at radius 2 is 1.47 bits per heavy atom. The average molecular weight is 624 g/mol. The summed E-state index contributed by atoms with van der Waals surface area (Å²) in [4.78, 5) is 45.3. The van der Waals surface area contributed by atoms with Gasteiger partial charge in [0.05, 0.1) is 18.2 Å². The lowest BCUT2D eigenvalue weighted by molar-refractivity contribution is -0.137. The topological polar surface area (TPSA) is 94.2 Å². The Morgan fingerprint density at radius 3 is 2.22 bits per heavy atom. The number of carbonyl (C=O) groups is 3. The van der Waals surface area contributed by atoms with E-state index in [0.717, 1.165) is 31.4 Å². The lowest BCUT2D eigenvalue weighted by atomic mass is 10.1. The number of benzene rings is 3. The van der Waals surface area contributed by atoms with Crippen molar-refractivity contribution in [3.63, 3.8) is 0 Å². The number of methoxy groups -OCH3 is 1. The summed E-state index contributed by atoms with van der Waals surface area (Å²) >= 11 is 0. The predicted octanol–water partition coefficient (Wildman–Crippen LogP) is 6.34. The van der Waals surface area contributed by atoms with Crippen LogP contribution in [0.5, 0.6) is 5.75 Å². The molecule has 0 radical (unpaired) electrons. The molecular weight excluding hydrogens is 587 g/mol. The number of likely N-dealkylation sites (tertiary alicyclic amines) is 1. The van der Waals surface area contributed by atoms with Crippen LogP contribution in [0.3, 0.4) is 0 Å². The molecule has 0 aliphatic carbocycles. The molecule has 2 aliphatic heterocycles. The molecule has 238 valence electrons. The third kappa shape index (κ3) is 7.86. The summed E-state index contributed by atoms with van der Waals surface area (Å²) in [6.45, 7) is 2.97. The highest BCUT2D eigenvalue weighted by Crippen LogP contribution is 2.31. The first-order valence-electron chi connectivity index (χ1n) is 15.0. The summed E-state index contributed by atoms with van der Waals surface area (Å²) in [5.74, 6) is 0.0958. The van der Waals surface area contributed by atoms with Gasteiger partial charge in [-0.2, -0.15) is 13.2 Å². The number of hydrogen-bond donors (Lipinski definition) is 2. The van der Waals surface area contributed by atoms with Crippen LogP contribution in [0.4, 0.5) is 35.0 Å². The van der Waals surface area contributed by atoms with Gasteiger partial charge >= 0.3 is 12.2 Å². The molecule has 2 N–H and O–H groups in total. The van der Waals surface area contributed by atoms with Gasteiger partial charge < -0.3 is 30.1 Å². The van der Waals surface area contributed by atoms with E-state index in [-0.39, 0.29) is 17.5 Å². The Bertz CT molecular complexity index is 1540. The molecule has 0 spiro atoms. The molecule has 5 rings (SSSR count). The zero-order valence-corrected chi connectivity index (χ0v) is 25.0. The Kier molecular flexibility index (Phi) is 9.80. The summed E-state index contributed by atoms with van der Waals surface area (Å²) in [7, 11) is 1.53. The minimum absolute atomic E-state index is 0.0666. The van der Waals surface area contributed by atoms with E-state index in [9.17, 15) is 27.6 Å². The number of nitrogens with zero attached hydrogens (tertiary/aromatic N) is 3. The maximum absolute atomic E-state index is 13.8. The van der Waals surface area contributed by atoms with Crippen LogP contribution >= 0.6 is 0 Å². The van der Waals surface area contributed by atoms with Gasteiger partial charge in [0.2, 0.25) is 0 Å². The summed E-state index contributed by atoms with van der Waals surface area (Å²) in [6, 6.07) is 16.1. The maximum Gasteiger partial charge on any atom is 0.416 e. The van der Waals surface area contributed by atoms with Gasteiger partial charge in [-0.25, -0.2) is 4.79 Å². The highest BCUT2D eigenvalue weighted by atomic mass is 19.4. The van der Waals surface area contributed by atoms with Crippen molar-refractivity contribution >= 4 is 34.9 Å². The van der Waals surface area contributed by atoms with E-state index in [4.69, 9.17) is 4.74 Å². The Morgan fingerprint density at radius 1 is 0.733 bits per heavy atom. The standard InChI is InChI=1S/C33H36F3N5O4/c1-45-27-11-5-8-23(20-27)30(42)37-26-12-13-29(28(22-26)31(43)40-14-3-2-4-15-40)39-16-7-17-41(19-18-39)32(44)38-25-10-6-9-24(21-25)33(34,35)36/h5-6,8-13,20-22H,2-4,7,14-19H2,1H3,(H,37,42)(H,38,44). The molecule has 3 aromatic rings. The number of ether oxygens (including phenoxy) is 1. The number of carbonyl (C=O) groups excluding carboxylic acids is 3. The van der Waals surface area contributed by atoms with Gasteiger partial charge in [-0.05, 0) is 80.3 Å². The van der Waals surface area contributed by atoms with Gasteiger partial charge in [0.1, 0.15) is 5.75 Å². The third-order valence-electron chi connectivity index (χ3n) is 8.02. The molecule has 0 atom stereocenters. The van der Waals surface area contributed by atoms with Crippen molar-refractivity contribution in [3.05, 3.63) is 83.4 Å². The first kappa shape index (κ1) is 31.7. The van der Waals surface area contributed by atoms with Crippen molar-refractivity contribution in [2.45, 2.75) is 31.9 Å². The fourth-order valence-corrected chi connectivity index (χ4v) is 5.63. The molecule has 0 unspecified atom stereocenters.